The van der Waals surface area contributed by atoms with E-state index in [9.17, 15) is 0 Å². The Balaban J connectivity index is 0. The SMILES string of the molecule is [Fe].[Ni].[Pt].[Zn]. The Morgan fingerprint density at radius 3 is 1.00 bits per heavy atom. The monoisotopic (exact) mass is 373 g/mol. The first-order valence-corrected chi connectivity index (χ1v) is 0. The summed E-state index contributed by atoms with van der Waals surface area (Å²) in [6, 6.07) is 0. The van der Waals surface area contributed by atoms with E-state index in [2.05, 4.69) is 0 Å². The molecule has 0 fully saturated rings. The van der Waals surface area contributed by atoms with Crippen LogP contribution in [0.4, 0.5) is 0 Å². The minimum absolute atomic E-state index is 0. The van der Waals surface area contributed by atoms with E-state index in [4.69, 9.17) is 0 Å². The maximum atomic E-state index is 0. The summed E-state index contributed by atoms with van der Waals surface area (Å²) in [5.41, 5.74) is 0. The van der Waals surface area contributed by atoms with Gasteiger partial charge in [0.25, 0.3) is 0 Å². The van der Waals surface area contributed by atoms with Gasteiger partial charge >= 0.3 is 0 Å². The molecular weight excluding hydrogens is 375 g/mol. The van der Waals surface area contributed by atoms with E-state index in [1.54, 1.807) is 0 Å². The number of rotatable bonds is 0. The molecule has 4 heteroatoms. The Labute approximate surface area is 73.3 Å². The second kappa shape index (κ2) is 18.4. The molecule has 0 aromatic heterocycles. The van der Waals surface area contributed by atoms with Crippen LogP contribution in [0.2, 0.25) is 0 Å². The molecule has 0 aromatic carbocycles. The van der Waals surface area contributed by atoms with Gasteiger partial charge in [0, 0.05) is 74.1 Å². The summed E-state index contributed by atoms with van der Waals surface area (Å²) in [6.45, 7) is 0. The minimum atomic E-state index is 0. The predicted molar refractivity (Wildman–Crippen MR) is 0 cm³/mol. The largest absolute Gasteiger partial charge is 0 e. The van der Waals surface area contributed by atoms with Crippen LogP contribution >= 0.6 is 0 Å². The van der Waals surface area contributed by atoms with Crippen molar-refractivity contribution in [1.82, 2.24) is 0 Å². The zero-order valence-electron chi connectivity index (χ0n) is 1.69. The van der Waals surface area contributed by atoms with Crippen LogP contribution in [0.1, 0.15) is 0 Å². The molecule has 0 atom stereocenters. The first-order valence-electron chi connectivity index (χ1n) is 0. The van der Waals surface area contributed by atoms with Crippen LogP contribution in [0.3, 0.4) is 0 Å². The molecule has 0 heterocycles. The van der Waals surface area contributed by atoms with Gasteiger partial charge in [0.05, 0.1) is 0 Å². The molecule has 0 N–H and O–H groups in total. The van der Waals surface area contributed by atoms with Crippen molar-refractivity contribution in [2.24, 2.45) is 0 Å². The van der Waals surface area contributed by atoms with E-state index < -0.39 is 0 Å². The standard InChI is InChI=1S/Fe.Ni.Pt.Zn. The smallest absolute Gasteiger partial charge is 0 e. The van der Waals surface area contributed by atoms with Crippen LogP contribution in [-0.2, 0) is 74.1 Å². The van der Waals surface area contributed by atoms with Crippen molar-refractivity contribution in [2.75, 3.05) is 0 Å². The molecule has 0 aliphatic rings. The molecule has 0 saturated heterocycles. The van der Waals surface area contributed by atoms with Gasteiger partial charge < -0.3 is 0 Å². The summed E-state index contributed by atoms with van der Waals surface area (Å²) in [5.74, 6) is 0. The second-order valence-electron chi connectivity index (χ2n) is 0. The number of hydrogen-bond donors (Lipinski definition) is 0. The average Bonchev–Trinajstić information content (AvgIpc) is 0. The summed E-state index contributed by atoms with van der Waals surface area (Å²) >= 11 is 0. The van der Waals surface area contributed by atoms with Crippen molar-refractivity contribution >= 4 is 0 Å². The molecule has 4 heavy (non-hydrogen) atoms. The van der Waals surface area contributed by atoms with Gasteiger partial charge in [0.1, 0.15) is 0 Å². The van der Waals surface area contributed by atoms with Crippen molar-refractivity contribution in [2.45, 2.75) is 0 Å². The third kappa shape index (κ3) is 8.85. The van der Waals surface area contributed by atoms with Crippen LogP contribution in [0.25, 0.3) is 0 Å². The van der Waals surface area contributed by atoms with E-state index in [1.165, 1.54) is 0 Å². The summed E-state index contributed by atoms with van der Waals surface area (Å²) in [4.78, 5) is 0. The van der Waals surface area contributed by atoms with Crippen molar-refractivity contribution in [3.05, 3.63) is 0 Å². The van der Waals surface area contributed by atoms with Gasteiger partial charge in [-0.2, -0.15) is 0 Å². The van der Waals surface area contributed by atoms with E-state index in [-0.39, 0.29) is 74.1 Å². The Bertz CT molecular complexity index is 8.00. The zero-order chi connectivity index (χ0) is 0. The van der Waals surface area contributed by atoms with Crippen molar-refractivity contribution < 1.29 is 74.1 Å². The van der Waals surface area contributed by atoms with Gasteiger partial charge in [-0.3, -0.25) is 0 Å². The normalized spacial score (nSPS) is 0. The van der Waals surface area contributed by atoms with Gasteiger partial charge in [-0.25, -0.2) is 0 Å². The fraction of sp³-hybridized carbons (Fsp3) is 0. The van der Waals surface area contributed by atoms with E-state index in [0.29, 0.717) is 0 Å². The van der Waals surface area contributed by atoms with Crippen molar-refractivity contribution in [3.8, 4) is 0 Å². The third-order valence-electron chi connectivity index (χ3n) is 0. The third-order valence-corrected chi connectivity index (χ3v) is 0. The molecule has 0 radical (unpaired) electrons. The maximum absolute atomic E-state index is 0. The average molecular weight is 375 g/mol. The van der Waals surface area contributed by atoms with Crippen molar-refractivity contribution in [1.29, 1.82) is 0 Å². The van der Waals surface area contributed by atoms with E-state index in [0.717, 1.165) is 0 Å². The second-order valence-corrected chi connectivity index (χ2v) is 0. The van der Waals surface area contributed by atoms with Crippen LogP contribution in [0, 0.1) is 0 Å². The summed E-state index contributed by atoms with van der Waals surface area (Å²) in [5, 5.41) is 0. The van der Waals surface area contributed by atoms with E-state index in [1.807, 2.05) is 0 Å². The fourth-order valence-electron chi connectivity index (χ4n) is 0. The molecule has 0 amide bonds. The van der Waals surface area contributed by atoms with Gasteiger partial charge in [0.2, 0.25) is 0 Å². The summed E-state index contributed by atoms with van der Waals surface area (Å²) in [7, 11) is 0. The van der Waals surface area contributed by atoms with Gasteiger partial charge in [0.15, 0.2) is 0 Å². The number of hydrogen-bond acceptors (Lipinski definition) is 0. The van der Waals surface area contributed by atoms with Crippen molar-refractivity contribution in [3.63, 3.8) is 0 Å². The predicted octanol–water partition coefficient (Wildman–Crippen LogP) is -0.0100. The Hall–Kier alpha value is 2.32. The Kier molecular flexibility index (Phi) is 153. The molecule has 0 aromatic rings. The molecular formula is FeNiPtZn. The topological polar surface area (TPSA) is 0 Å². The Morgan fingerprint density at radius 2 is 1.00 bits per heavy atom. The first kappa shape index (κ1) is 33.2. The fourth-order valence-corrected chi connectivity index (χ4v) is 0. The quantitative estimate of drug-likeness (QED) is 0.523. The molecule has 0 nitrogen and oxygen atoms in total. The molecule has 0 rings (SSSR count). The maximum Gasteiger partial charge on any atom is 0 e. The van der Waals surface area contributed by atoms with Gasteiger partial charge in [-0.15, -0.1) is 0 Å². The molecule has 0 aliphatic heterocycles. The van der Waals surface area contributed by atoms with E-state index >= 15 is 0 Å². The van der Waals surface area contributed by atoms with Crippen LogP contribution in [0.5, 0.6) is 0 Å². The molecule has 0 aliphatic carbocycles. The van der Waals surface area contributed by atoms with Crippen LogP contribution < -0.4 is 0 Å². The minimum Gasteiger partial charge on any atom is 0 e. The molecule has 0 saturated carbocycles. The Morgan fingerprint density at radius 1 is 1.00 bits per heavy atom. The molecule has 0 bridgehead atoms. The molecule has 0 spiro atoms. The van der Waals surface area contributed by atoms with Gasteiger partial charge in [-0.05, 0) is 0 Å². The zero-order valence-corrected chi connectivity index (χ0v) is 9.02. The van der Waals surface area contributed by atoms with Gasteiger partial charge in [-0.1, -0.05) is 0 Å². The van der Waals surface area contributed by atoms with Crippen LogP contribution in [0.15, 0.2) is 0 Å². The van der Waals surface area contributed by atoms with Crippen LogP contribution in [-0.4, -0.2) is 0 Å². The molecule has 0 unspecified atom stereocenters. The molecule has 30 valence electrons. The summed E-state index contributed by atoms with van der Waals surface area (Å²) < 4.78 is 0. The summed E-state index contributed by atoms with van der Waals surface area (Å²) in [6.07, 6.45) is 0. The first-order chi connectivity index (χ1) is 0.